The maximum absolute atomic E-state index is 10.6. The predicted molar refractivity (Wildman–Crippen MR) is 65.6 cm³/mol. The number of nitrogens with zero attached hydrogens (tertiary/aromatic N) is 1. The van der Waals surface area contributed by atoms with Gasteiger partial charge in [-0.3, -0.25) is 4.79 Å². The van der Waals surface area contributed by atoms with Crippen molar-refractivity contribution in [2.24, 2.45) is 5.10 Å². The van der Waals surface area contributed by atoms with Gasteiger partial charge in [0.1, 0.15) is 0 Å². The molecule has 1 N–H and O–H groups in total. The van der Waals surface area contributed by atoms with Crippen molar-refractivity contribution < 1.29 is 14.3 Å². The molecule has 0 aliphatic heterocycles. The molecule has 0 saturated carbocycles. The third-order valence-electron chi connectivity index (χ3n) is 2.09. The average molecular weight is 236 g/mol. The van der Waals surface area contributed by atoms with Gasteiger partial charge in [-0.05, 0) is 17.7 Å². The first-order chi connectivity index (χ1) is 8.17. The summed E-state index contributed by atoms with van der Waals surface area (Å²) in [6.07, 6.45) is 2.24. The molecule has 0 fully saturated rings. The van der Waals surface area contributed by atoms with E-state index in [-0.39, 0.29) is 5.91 Å². The Morgan fingerprint density at radius 1 is 1.35 bits per heavy atom. The van der Waals surface area contributed by atoms with Crippen molar-refractivity contribution in [3.8, 4) is 11.5 Å². The van der Waals surface area contributed by atoms with Crippen LogP contribution in [0.2, 0.25) is 0 Å². The quantitative estimate of drug-likeness (QED) is 0.620. The summed E-state index contributed by atoms with van der Waals surface area (Å²) in [5.41, 5.74) is 3.37. The van der Waals surface area contributed by atoms with Crippen molar-refractivity contribution in [1.82, 2.24) is 5.43 Å². The van der Waals surface area contributed by atoms with E-state index in [0.29, 0.717) is 17.9 Å². The second-order valence-electron chi connectivity index (χ2n) is 3.37. The molecule has 0 radical (unpaired) electrons. The number of ether oxygens (including phenoxy) is 2. The summed E-state index contributed by atoms with van der Waals surface area (Å²) < 4.78 is 10.3. The predicted octanol–water partition coefficient (Wildman–Crippen LogP) is 1.37. The van der Waals surface area contributed by atoms with E-state index in [1.165, 1.54) is 6.92 Å². The van der Waals surface area contributed by atoms with Gasteiger partial charge in [0, 0.05) is 19.6 Å². The number of hydrogen-bond donors (Lipinski definition) is 1. The van der Waals surface area contributed by atoms with Gasteiger partial charge in [-0.1, -0.05) is 6.07 Å². The Bertz CT molecular complexity index is 416. The Morgan fingerprint density at radius 3 is 2.65 bits per heavy atom. The van der Waals surface area contributed by atoms with Crippen molar-refractivity contribution in [3.63, 3.8) is 0 Å². The van der Waals surface area contributed by atoms with Crippen LogP contribution >= 0.6 is 0 Å². The van der Waals surface area contributed by atoms with Gasteiger partial charge >= 0.3 is 0 Å². The number of hydrogen-bond acceptors (Lipinski definition) is 4. The van der Waals surface area contributed by atoms with Crippen molar-refractivity contribution in [1.29, 1.82) is 0 Å². The largest absolute Gasteiger partial charge is 0.493 e. The first-order valence-electron chi connectivity index (χ1n) is 5.16. The number of amides is 1. The molecule has 0 spiro atoms. The van der Waals surface area contributed by atoms with Gasteiger partial charge in [0.2, 0.25) is 5.91 Å². The third-order valence-corrected chi connectivity index (χ3v) is 2.09. The fraction of sp³-hybridized carbons (Fsp3) is 0.333. The van der Waals surface area contributed by atoms with Crippen LogP contribution in [0.3, 0.4) is 0 Å². The summed E-state index contributed by atoms with van der Waals surface area (Å²) >= 11 is 0. The van der Waals surface area contributed by atoms with Gasteiger partial charge in [-0.2, -0.15) is 5.10 Å². The summed E-state index contributed by atoms with van der Waals surface area (Å²) in [6.45, 7) is 1.41. The molecular formula is C12H16N2O3. The SMILES string of the molecule is COc1ccc(CC=NNC(C)=O)cc1OC. The van der Waals surface area contributed by atoms with E-state index in [1.54, 1.807) is 20.4 Å². The molecule has 0 atom stereocenters. The molecule has 17 heavy (non-hydrogen) atoms. The van der Waals surface area contributed by atoms with E-state index in [0.717, 1.165) is 5.56 Å². The highest BCUT2D eigenvalue weighted by atomic mass is 16.5. The lowest BCUT2D eigenvalue weighted by molar-refractivity contribution is -0.118. The maximum Gasteiger partial charge on any atom is 0.236 e. The molecule has 1 rings (SSSR count). The molecule has 0 aliphatic carbocycles. The Hall–Kier alpha value is -2.04. The minimum atomic E-state index is -0.187. The highest BCUT2D eigenvalue weighted by Gasteiger charge is 2.03. The molecule has 0 unspecified atom stereocenters. The maximum atomic E-state index is 10.6. The van der Waals surface area contributed by atoms with Gasteiger partial charge in [0.25, 0.3) is 0 Å². The van der Waals surface area contributed by atoms with Gasteiger partial charge in [-0.25, -0.2) is 5.43 Å². The van der Waals surface area contributed by atoms with Gasteiger partial charge in [0.15, 0.2) is 11.5 Å². The Kier molecular flexibility index (Phi) is 5.00. The summed E-state index contributed by atoms with van der Waals surface area (Å²) in [5.74, 6) is 1.18. The molecule has 0 aliphatic rings. The van der Waals surface area contributed by atoms with Gasteiger partial charge < -0.3 is 9.47 Å². The fourth-order valence-corrected chi connectivity index (χ4v) is 1.30. The number of carbonyl (C=O) groups excluding carboxylic acids is 1. The number of rotatable bonds is 5. The highest BCUT2D eigenvalue weighted by molar-refractivity contribution is 5.74. The van der Waals surface area contributed by atoms with Crippen LogP contribution in [0.1, 0.15) is 12.5 Å². The highest BCUT2D eigenvalue weighted by Crippen LogP contribution is 2.27. The van der Waals surface area contributed by atoms with Crippen molar-refractivity contribution in [2.45, 2.75) is 13.3 Å². The molecule has 1 aromatic carbocycles. The molecule has 5 nitrogen and oxygen atoms in total. The molecule has 0 bridgehead atoms. The minimum Gasteiger partial charge on any atom is -0.493 e. The van der Waals surface area contributed by atoms with Gasteiger partial charge in [-0.15, -0.1) is 0 Å². The molecule has 0 heterocycles. The first-order valence-corrected chi connectivity index (χ1v) is 5.16. The number of nitrogens with one attached hydrogen (secondary N) is 1. The second kappa shape index (κ2) is 6.52. The van der Waals surface area contributed by atoms with Crippen molar-refractivity contribution in [2.75, 3.05) is 14.2 Å². The molecular weight excluding hydrogens is 220 g/mol. The van der Waals surface area contributed by atoms with Crippen molar-refractivity contribution in [3.05, 3.63) is 23.8 Å². The van der Waals surface area contributed by atoms with Crippen LogP contribution in [-0.4, -0.2) is 26.3 Å². The third kappa shape index (κ3) is 4.14. The van der Waals surface area contributed by atoms with E-state index in [4.69, 9.17) is 9.47 Å². The summed E-state index contributed by atoms with van der Waals surface area (Å²) in [6, 6.07) is 5.63. The Balaban J connectivity index is 2.66. The monoisotopic (exact) mass is 236 g/mol. The molecule has 0 saturated heterocycles. The van der Waals surface area contributed by atoms with Crippen LogP contribution in [0.25, 0.3) is 0 Å². The van der Waals surface area contributed by atoms with Crippen molar-refractivity contribution >= 4 is 12.1 Å². The zero-order valence-corrected chi connectivity index (χ0v) is 10.2. The minimum absolute atomic E-state index is 0.187. The molecule has 5 heteroatoms. The topological polar surface area (TPSA) is 59.9 Å². The summed E-state index contributed by atoms with van der Waals surface area (Å²) in [7, 11) is 3.18. The number of carbonyl (C=O) groups is 1. The van der Waals surface area contributed by atoms with E-state index in [9.17, 15) is 4.79 Å². The standard InChI is InChI=1S/C12H16N2O3/c1-9(15)14-13-7-6-10-4-5-11(16-2)12(8-10)17-3/h4-5,7-8H,6H2,1-3H3,(H,14,15). The average Bonchev–Trinajstić information content (AvgIpc) is 2.34. The summed E-state index contributed by atoms with van der Waals surface area (Å²) in [4.78, 5) is 10.6. The molecule has 92 valence electrons. The van der Waals surface area contributed by atoms with Crippen LogP contribution in [0, 0.1) is 0 Å². The molecule has 1 amide bonds. The van der Waals surface area contributed by atoms with E-state index in [2.05, 4.69) is 10.5 Å². The number of hydrazone groups is 1. The summed E-state index contributed by atoms with van der Waals surface area (Å²) in [5, 5.41) is 3.77. The van der Waals surface area contributed by atoms with Gasteiger partial charge in [0.05, 0.1) is 14.2 Å². The van der Waals surface area contributed by atoms with Crippen LogP contribution < -0.4 is 14.9 Å². The number of benzene rings is 1. The van der Waals surface area contributed by atoms with Crippen LogP contribution in [0.15, 0.2) is 23.3 Å². The van der Waals surface area contributed by atoms with Crippen LogP contribution in [-0.2, 0) is 11.2 Å². The zero-order chi connectivity index (χ0) is 12.7. The zero-order valence-electron chi connectivity index (χ0n) is 10.2. The lowest BCUT2D eigenvalue weighted by atomic mass is 10.1. The number of methoxy groups -OCH3 is 2. The lowest BCUT2D eigenvalue weighted by Gasteiger charge is -2.08. The lowest BCUT2D eigenvalue weighted by Crippen LogP contribution is -2.12. The Labute approximate surface area is 100 Å². The van der Waals surface area contributed by atoms with Crippen LogP contribution in [0.4, 0.5) is 0 Å². The van der Waals surface area contributed by atoms with E-state index in [1.807, 2.05) is 18.2 Å². The molecule has 1 aromatic rings. The fourth-order valence-electron chi connectivity index (χ4n) is 1.30. The van der Waals surface area contributed by atoms with E-state index >= 15 is 0 Å². The smallest absolute Gasteiger partial charge is 0.236 e. The Morgan fingerprint density at radius 2 is 2.06 bits per heavy atom. The second-order valence-corrected chi connectivity index (χ2v) is 3.37. The molecule has 0 aromatic heterocycles. The first kappa shape index (κ1) is 13.0. The van der Waals surface area contributed by atoms with Crippen LogP contribution in [0.5, 0.6) is 11.5 Å². The normalized spacial score (nSPS) is 10.3. The van der Waals surface area contributed by atoms with E-state index < -0.39 is 0 Å².